The summed E-state index contributed by atoms with van der Waals surface area (Å²) < 4.78 is 26.1. The third kappa shape index (κ3) is 3.61. The monoisotopic (exact) mass is 364 g/mol. The van der Waals surface area contributed by atoms with Crippen molar-refractivity contribution in [1.82, 2.24) is 0 Å². The van der Waals surface area contributed by atoms with E-state index >= 15 is 0 Å². The van der Waals surface area contributed by atoms with E-state index in [4.69, 9.17) is 25.5 Å². The molecule has 0 N–H and O–H groups in total. The first-order valence-corrected chi connectivity index (χ1v) is 8.81. The van der Waals surface area contributed by atoms with Crippen molar-refractivity contribution in [2.75, 3.05) is 7.11 Å². The molecule has 1 unspecified atom stereocenters. The predicted molar refractivity (Wildman–Crippen MR) is 96.9 cm³/mol. The summed E-state index contributed by atoms with van der Waals surface area (Å²) in [6, 6.07) is 12.9. The van der Waals surface area contributed by atoms with E-state index in [-0.39, 0.29) is 0 Å². The van der Waals surface area contributed by atoms with E-state index in [9.17, 15) is 4.21 Å². The van der Waals surface area contributed by atoms with Crippen molar-refractivity contribution in [3.05, 3.63) is 58.6 Å². The molecule has 2 aromatic rings. The van der Waals surface area contributed by atoms with E-state index in [1.54, 1.807) is 12.1 Å². The second kappa shape index (κ2) is 6.55. The molecule has 7 heteroatoms. The SMILES string of the molecule is CO[SH](=O)=Nc1ccc2c(c1)OC(C)(C)N=C2c1ccc(Cl)cc1. The smallest absolute Gasteiger partial charge is 0.195 e. The van der Waals surface area contributed by atoms with Crippen LogP contribution in [0.4, 0.5) is 5.69 Å². The summed E-state index contributed by atoms with van der Waals surface area (Å²) >= 11 is 5.97. The summed E-state index contributed by atoms with van der Waals surface area (Å²) in [6.07, 6.45) is 0. The first-order chi connectivity index (χ1) is 11.4. The van der Waals surface area contributed by atoms with Crippen LogP contribution in [-0.2, 0) is 15.1 Å². The Kier molecular flexibility index (Phi) is 4.62. The lowest BCUT2D eigenvalue weighted by Crippen LogP contribution is -2.32. The van der Waals surface area contributed by atoms with Crippen LogP contribution in [0, 0.1) is 0 Å². The fourth-order valence-corrected chi connectivity index (χ4v) is 2.96. The number of ether oxygens (including phenoxy) is 1. The predicted octanol–water partition coefficient (Wildman–Crippen LogP) is 4.16. The van der Waals surface area contributed by atoms with Gasteiger partial charge in [0.1, 0.15) is 5.75 Å². The third-order valence-corrected chi connectivity index (χ3v) is 4.39. The topological polar surface area (TPSA) is 60.2 Å². The first kappa shape index (κ1) is 17.0. The molecule has 0 radical (unpaired) electrons. The van der Waals surface area contributed by atoms with E-state index in [0.29, 0.717) is 16.5 Å². The molecule has 0 saturated heterocycles. The number of benzene rings is 2. The van der Waals surface area contributed by atoms with Crippen LogP contribution in [-0.4, -0.2) is 22.8 Å². The van der Waals surface area contributed by atoms with Crippen molar-refractivity contribution < 1.29 is 13.1 Å². The van der Waals surface area contributed by atoms with Gasteiger partial charge in [-0.3, -0.25) is 4.18 Å². The average Bonchev–Trinajstić information content (AvgIpc) is 2.53. The van der Waals surface area contributed by atoms with Gasteiger partial charge in [-0.15, -0.1) is 0 Å². The molecule has 0 bridgehead atoms. The van der Waals surface area contributed by atoms with Crippen LogP contribution in [0.2, 0.25) is 5.02 Å². The number of thiol groups is 1. The standard InChI is InChI=1S/C17H17ClN2O3S/c1-17(2)19-16(11-4-6-12(18)7-5-11)14-9-8-13(10-15(14)23-17)20-24(21)22-3/h4-10,24H,1-3H3. The highest BCUT2D eigenvalue weighted by Crippen LogP contribution is 2.35. The minimum atomic E-state index is -2.08. The Morgan fingerprint density at radius 1 is 1.21 bits per heavy atom. The van der Waals surface area contributed by atoms with Crippen LogP contribution in [0.15, 0.2) is 51.8 Å². The molecular weight excluding hydrogens is 348 g/mol. The Morgan fingerprint density at radius 3 is 2.58 bits per heavy atom. The maximum atomic E-state index is 11.5. The number of nitrogens with zero attached hydrogens (tertiary/aromatic N) is 2. The molecular formula is C17H17ClN2O3S. The van der Waals surface area contributed by atoms with Gasteiger partial charge in [-0.2, -0.15) is 4.36 Å². The highest BCUT2D eigenvalue weighted by molar-refractivity contribution is 7.69. The number of hydrogen-bond donors (Lipinski definition) is 1. The largest absolute Gasteiger partial charge is 0.466 e. The fourth-order valence-electron chi connectivity index (χ4n) is 2.44. The van der Waals surface area contributed by atoms with E-state index in [2.05, 4.69) is 4.36 Å². The zero-order chi connectivity index (χ0) is 17.3. The van der Waals surface area contributed by atoms with Crippen LogP contribution < -0.4 is 4.74 Å². The lowest BCUT2D eigenvalue weighted by Gasteiger charge is -2.30. The quantitative estimate of drug-likeness (QED) is 0.832. The van der Waals surface area contributed by atoms with Gasteiger partial charge < -0.3 is 4.74 Å². The van der Waals surface area contributed by atoms with Crippen molar-refractivity contribution in [1.29, 1.82) is 0 Å². The molecule has 3 rings (SSSR count). The Bertz CT molecular complexity index is 885. The van der Waals surface area contributed by atoms with E-state index in [1.807, 2.05) is 44.2 Å². The molecule has 0 saturated carbocycles. The molecule has 1 aliphatic rings. The Labute approximate surface area is 147 Å². The van der Waals surface area contributed by atoms with Gasteiger partial charge in [-0.05, 0) is 38.1 Å². The van der Waals surface area contributed by atoms with Gasteiger partial charge in [0.25, 0.3) is 0 Å². The molecule has 1 aliphatic heterocycles. The normalized spacial score (nSPS) is 16.9. The van der Waals surface area contributed by atoms with Crippen molar-refractivity contribution >= 4 is 33.9 Å². The van der Waals surface area contributed by atoms with Gasteiger partial charge in [-0.1, -0.05) is 23.7 Å². The molecule has 0 fully saturated rings. The Balaban J connectivity index is 2.11. The first-order valence-electron chi connectivity index (χ1n) is 7.30. The van der Waals surface area contributed by atoms with Gasteiger partial charge in [0.15, 0.2) is 16.6 Å². The van der Waals surface area contributed by atoms with E-state index < -0.39 is 16.6 Å². The molecule has 24 heavy (non-hydrogen) atoms. The van der Waals surface area contributed by atoms with Gasteiger partial charge in [0.2, 0.25) is 0 Å². The van der Waals surface area contributed by atoms with Crippen LogP contribution in [0.1, 0.15) is 25.0 Å². The highest BCUT2D eigenvalue weighted by Gasteiger charge is 2.28. The molecule has 0 amide bonds. The van der Waals surface area contributed by atoms with Gasteiger partial charge >= 0.3 is 0 Å². The Hall–Kier alpha value is -1.89. The fraction of sp³-hybridized carbons (Fsp3) is 0.235. The number of rotatable bonds is 3. The van der Waals surface area contributed by atoms with Gasteiger partial charge in [0, 0.05) is 22.2 Å². The van der Waals surface area contributed by atoms with Crippen molar-refractivity contribution in [3.63, 3.8) is 0 Å². The zero-order valence-electron chi connectivity index (χ0n) is 13.5. The number of hydrogen-bond acceptors (Lipinski definition) is 5. The summed E-state index contributed by atoms with van der Waals surface area (Å²) in [6.45, 7) is 3.76. The lowest BCUT2D eigenvalue weighted by atomic mass is 9.99. The number of halogens is 1. The second-order valence-electron chi connectivity index (χ2n) is 5.72. The van der Waals surface area contributed by atoms with Crippen LogP contribution in [0.25, 0.3) is 0 Å². The van der Waals surface area contributed by atoms with E-state index in [0.717, 1.165) is 16.8 Å². The minimum Gasteiger partial charge on any atom is -0.466 e. The Morgan fingerprint density at radius 2 is 1.92 bits per heavy atom. The minimum absolute atomic E-state index is 0.532. The molecule has 5 nitrogen and oxygen atoms in total. The van der Waals surface area contributed by atoms with Gasteiger partial charge in [0.05, 0.1) is 18.5 Å². The maximum Gasteiger partial charge on any atom is 0.195 e. The molecule has 1 atom stereocenters. The maximum absolute atomic E-state index is 11.5. The molecule has 2 aromatic carbocycles. The molecule has 126 valence electrons. The van der Waals surface area contributed by atoms with Gasteiger partial charge in [-0.25, -0.2) is 9.20 Å². The number of aliphatic imine (C=N–C) groups is 1. The molecule has 0 spiro atoms. The highest BCUT2D eigenvalue weighted by atomic mass is 35.5. The summed E-state index contributed by atoms with van der Waals surface area (Å²) in [5, 5.41) is 0.670. The van der Waals surface area contributed by atoms with E-state index in [1.165, 1.54) is 7.11 Å². The zero-order valence-corrected chi connectivity index (χ0v) is 15.1. The average molecular weight is 365 g/mol. The van der Waals surface area contributed by atoms with Crippen LogP contribution >= 0.6 is 11.6 Å². The van der Waals surface area contributed by atoms with Crippen molar-refractivity contribution in [3.8, 4) is 5.75 Å². The summed E-state index contributed by atoms with van der Waals surface area (Å²) in [5.74, 6) is 0.640. The number of fused-ring (bicyclic) bond motifs is 1. The van der Waals surface area contributed by atoms with Crippen LogP contribution in [0.5, 0.6) is 5.75 Å². The summed E-state index contributed by atoms with van der Waals surface area (Å²) in [7, 11) is -0.723. The lowest BCUT2D eigenvalue weighted by molar-refractivity contribution is 0.115. The second-order valence-corrected chi connectivity index (χ2v) is 7.19. The van der Waals surface area contributed by atoms with Crippen molar-refractivity contribution in [2.24, 2.45) is 9.36 Å². The molecule has 0 aromatic heterocycles. The summed E-state index contributed by atoms with van der Waals surface area (Å²) in [5.41, 5.74) is 2.43. The molecule has 0 aliphatic carbocycles. The van der Waals surface area contributed by atoms with Crippen LogP contribution in [0.3, 0.4) is 0 Å². The third-order valence-electron chi connectivity index (χ3n) is 3.43. The van der Waals surface area contributed by atoms with Crippen molar-refractivity contribution in [2.45, 2.75) is 19.6 Å². The summed E-state index contributed by atoms with van der Waals surface area (Å²) in [4.78, 5) is 4.70. The molecule has 1 heterocycles.